The van der Waals surface area contributed by atoms with Crippen molar-refractivity contribution in [2.45, 2.75) is 52.1 Å². The summed E-state index contributed by atoms with van der Waals surface area (Å²) in [5.74, 6) is 2.21. The largest absolute Gasteiger partial charge is 0.366 e. The molecule has 0 unspecified atom stereocenters. The van der Waals surface area contributed by atoms with Crippen LogP contribution in [0.4, 0.5) is 5.82 Å². The Balaban J connectivity index is 1.63. The fourth-order valence-corrected chi connectivity index (χ4v) is 3.24. The molecule has 3 heterocycles. The van der Waals surface area contributed by atoms with Crippen molar-refractivity contribution in [3.63, 3.8) is 0 Å². The Hall–Kier alpha value is -2.01. The summed E-state index contributed by atoms with van der Waals surface area (Å²) in [5, 5.41) is 3.62. The van der Waals surface area contributed by atoms with Gasteiger partial charge in [0.05, 0.1) is 0 Å². The quantitative estimate of drug-likeness (QED) is 0.913. The van der Waals surface area contributed by atoms with Crippen LogP contribution in [0.1, 0.15) is 49.7 Å². The highest BCUT2D eigenvalue weighted by Gasteiger charge is 2.20. The Morgan fingerprint density at radius 3 is 2.96 bits per heavy atom. The number of nitrogens with one attached hydrogen (secondary N) is 1. The zero-order valence-electron chi connectivity index (χ0n) is 14.9. The first-order valence-corrected chi connectivity index (χ1v) is 8.83. The molecular formula is C19H27N5. The zero-order chi connectivity index (χ0) is 16.9. The summed E-state index contributed by atoms with van der Waals surface area (Å²) in [4.78, 5) is 15.8. The molecule has 2 aromatic heterocycles. The highest BCUT2D eigenvalue weighted by atomic mass is 15.2. The van der Waals surface area contributed by atoms with E-state index in [0.29, 0.717) is 12.0 Å². The SMILES string of the molecule is Cc1nc(N[C@@H]2CCCN(Cc3cccnc3)C2)cc(C(C)C)n1. The Morgan fingerprint density at radius 1 is 1.33 bits per heavy atom. The van der Waals surface area contributed by atoms with Gasteiger partial charge in [0.25, 0.3) is 0 Å². The lowest BCUT2D eigenvalue weighted by atomic mass is 10.0. The van der Waals surface area contributed by atoms with Gasteiger partial charge in [0, 0.05) is 43.3 Å². The van der Waals surface area contributed by atoms with Crippen molar-refractivity contribution < 1.29 is 0 Å². The van der Waals surface area contributed by atoms with E-state index in [1.165, 1.54) is 18.4 Å². The molecule has 5 heteroatoms. The maximum Gasteiger partial charge on any atom is 0.130 e. The number of aryl methyl sites for hydroxylation is 1. The van der Waals surface area contributed by atoms with Crippen LogP contribution in [0.3, 0.4) is 0 Å². The van der Waals surface area contributed by atoms with Crippen molar-refractivity contribution in [1.29, 1.82) is 0 Å². The zero-order valence-corrected chi connectivity index (χ0v) is 14.9. The fraction of sp³-hybridized carbons (Fsp3) is 0.526. The number of hydrogen-bond acceptors (Lipinski definition) is 5. The predicted molar refractivity (Wildman–Crippen MR) is 97.0 cm³/mol. The minimum atomic E-state index is 0.417. The number of rotatable bonds is 5. The van der Waals surface area contributed by atoms with Gasteiger partial charge in [0.1, 0.15) is 11.6 Å². The Bertz CT molecular complexity index is 656. The van der Waals surface area contributed by atoms with Gasteiger partial charge in [-0.2, -0.15) is 0 Å². The number of anilines is 1. The third-order valence-corrected chi connectivity index (χ3v) is 4.44. The summed E-state index contributed by atoms with van der Waals surface area (Å²) in [6, 6.07) is 6.68. The van der Waals surface area contributed by atoms with Crippen molar-refractivity contribution >= 4 is 5.82 Å². The fourth-order valence-electron chi connectivity index (χ4n) is 3.24. The summed E-state index contributed by atoms with van der Waals surface area (Å²) in [7, 11) is 0. The third kappa shape index (κ3) is 4.51. The second kappa shape index (κ2) is 7.71. The molecule has 0 spiro atoms. The van der Waals surface area contributed by atoms with E-state index in [-0.39, 0.29) is 0 Å². The molecule has 1 atom stereocenters. The van der Waals surface area contributed by atoms with E-state index in [0.717, 1.165) is 37.0 Å². The summed E-state index contributed by atoms with van der Waals surface area (Å²) in [5.41, 5.74) is 2.38. The van der Waals surface area contributed by atoms with Gasteiger partial charge in [-0.15, -0.1) is 0 Å². The monoisotopic (exact) mass is 325 g/mol. The Labute approximate surface area is 144 Å². The Kier molecular flexibility index (Phi) is 5.41. The van der Waals surface area contributed by atoms with E-state index in [4.69, 9.17) is 0 Å². The molecule has 1 aliphatic heterocycles. The lowest BCUT2D eigenvalue weighted by Crippen LogP contribution is -2.41. The molecular weight excluding hydrogens is 298 g/mol. The molecule has 0 radical (unpaired) electrons. The van der Waals surface area contributed by atoms with Gasteiger partial charge in [-0.1, -0.05) is 19.9 Å². The normalized spacial score (nSPS) is 18.8. The first-order valence-electron chi connectivity index (χ1n) is 8.83. The van der Waals surface area contributed by atoms with Gasteiger partial charge >= 0.3 is 0 Å². The number of hydrogen-bond donors (Lipinski definition) is 1. The molecule has 128 valence electrons. The van der Waals surface area contributed by atoms with Crippen LogP contribution in [0.2, 0.25) is 0 Å². The standard InChI is InChI=1S/C19H27N5/c1-14(2)18-10-19(22-15(3)21-18)23-17-7-5-9-24(13-17)12-16-6-4-8-20-11-16/h4,6,8,10-11,14,17H,5,7,9,12-13H2,1-3H3,(H,21,22,23)/t17-/m1/s1. The third-order valence-electron chi connectivity index (χ3n) is 4.44. The van der Waals surface area contributed by atoms with E-state index in [1.807, 2.05) is 25.4 Å². The average molecular weight is 325 g/mol. The number of piperidine rings is 1. The molecule has 1 saturated heterocycles. The second-order valence-electron chi connectivity index (χ2n) is 6.96. The summed E-state index contributed by atoms with van der Waals surface area (Å²) >= 11 is 0. The van der Waals surface area contributed by atoms with Crippen molar-refractivity contribution in [2.24, 2.45) is 0 Å². The van der Waals surface area contributed by atoms with E-state index in [9.17, 15) is 0 Å². The molecule has 1 fully saturated rings. The number of pyridine rings is 1. The molecule has 1 N–H and O–H groups in total. The molecule has 0 aromatic carbocycles. The van der Waals surface area contributed by atoms with E-state index in [1.54, 1.807) is 0 Å². The van der Waals surface area contributed by atoms with Gasteiger partial charge < -0.3 is 5.32 Å². The first kappa shape index (κ1) is 16.8. The van der Waals surface area contributed by atoms with Crippen molar-refractivity contribution in [1.82, 2.24) is 19.9 Å². The van der Waals surface area contributed by atoms with Gasteiger partial charge in [-0.3, -0.25) is 9.88 Å². The number of aromatic nitrogens is 3. The molecule has 0 saturated carbocycles. The van der Waals surface area contributed by atoms with Crippen molar-refractivity contribution in [3.05, 3.63) is 47.7 Å². The van der Waals surface area contributed by atoms with Crippen LogP contribution in [0.15, 0.2) is 30.6 Å². The van der Waals surface area contributed by atoms with Crippen LogP contribution in [-0.4, -0.2) is 39.0 Å². The van der Waals surface area contributed by atoms with E-state index in [2.05, 4.69) is 51.1 Å². The lowest BCUT2D eigenvalue weighted by Gasteiger charge is -2.33. The molecule has 0 bridgehead atoms. The molecule has 2 aromatic rings. The summed E-state index contributed by atoms with van der Waals surface area (Å²) < 4.78 is 0. The summed E-state index contributed by atoms with van der Waals surface area (Å²) in [6.07, 6.45) is 6.18. The highest BCUT2D eigenvalue weighted by molar-refractivity contribution is 5.38. The van der Waals surface area contributed by atoms with E-state index < -0.39 is 0 Å². The highest BCUT2D eigenvalue weighted by Crippen LogP contribution is 2.19. The molecule has 1 aliphatic rings. The van der Waals surface area contributed by atoms with Crippen molar-refractivity contribution in [3.8, 4) is 0 Å². The molecule has 5 nitrogen and oxygen atoms in total. The maximum atomic E-state index is 4.57. The van der Waals surface area contributed by atoms with Gasteiger partial charge in [-0.05, 0) is 43.9 Å². The van der Waals surface area contributed by atoms with Crippen LogP contribution < -0.4 is 5.32 Å². The van der Waals surface area contributed by atoms with Crippen LogP contribution in [0, 0.1) is 6.92 Å². The van der Waals surface area contributed by atoms with Crippen LogP contribution in [-0.2, 0) is 6.54 Å². The topological polar surface area (TPSA) is 53.9 Å². The van der Waals surface area contributed by atoms with Crippen LogP contribution >= 0.6 is 0 Å². The first-order chi connectivity index (χ1) is 11.6. The lowest BCUT2D eigenvalue weighted by molar-refractivity contribution is 0.208. The molecule has 24 heavy (non-hydrogen) atoms. The van der Waals surface area contributed by atoms with Gasteiger partial charge in [0.15, 0.2) is 0 Å². The predicted octanol–water partition coefficient (Wildman–Crippen LogP) is 3.38. The molecule has 3 rings (SSSR count). The maximum absolute atomic E-state index is 4.57. The minimum Gasteiger partial charge on any atom is -0.366 e. The van der Waals surface area contributed by atoms with Crippen molar-refractivity contribution in [2.75, 3.05) is 18.4 Å². The Morgan fingerprint density at radius 2 is 2.21 bits per heavy atom. The number of likely N-dealkylation sites (tertiary alicyclic amines) is 1. The molecule has 0 amide bonds. The van der Waals surface area contributed by atoms with Gasteiger partial charge in [-0.25, -0.2) is 9.97 Å². The van der Waals surface area contributed by atoms with E-state index >= 15 is 0 Å². The van der Waals surface area contributed by atoms with Gasteiger partial charge in [0.2, 0.25) is 0 Å². The average Bonchev–Trinajstić information content (AvgIpc) is 2.55. The van der Waals surface area contributed by atoms with Crippen LogP contribution in [0.5, 0.6) is 0 Å². The molecule has 0 aliphatic carbocycles. The van der Waals surface area contributed by atoms with Crippen LogP contribution in [0.25, 0.3) is 0 Å². The second-order valence-corrected chi connectivity index (χ2v) is 6.96. The summed E-state index contributed by atoms with van der Waals surface area (Å²) in [6.45, 7) is 9.45. The minimum absolute atomic E-state index is 0.417. The number of nitrogens with zero attached hydrogens (tertiary/aromatic N) is 4. The smallest absolute Gasteiger partial charge is 0.130 e.